The molecule has 0 saturated heterocycles. The Morgan fingerprint density at radius 2 is 2.07 bits per heavy atom. The number of hydrogen-bond acceptors (Lipinski definition) is 3. The summed E-state index contributed by atoms with van der Waals surface area (Å²) in [6, 6.07) is -0.383. The molecular weight excluding hydrogens is 192 g/mol. The predicted molar refractivity (Wildman–Crippen MR) is 61.6 cm³/mol. The van der Waals surface area contributed by atoms with E-state index in [4.69, 9.17) is 10.5 Å². The van der Waals surface area contributed by atoms with Gasteiger partial charge in [0.05, 0.1) is 12.6 Å². The standard InChI is InChI=1S/C11H24N2O2/c1-5-9(3)10(12)11(14)13(6-2)7-8-15-4/h9-10H,5-8,12H2,1-4H3. The van der Waals surface area contributed by atoms with Crippen molar-refractivity contribution in [2.24, 2.45) is 11.7 Å². The molecule has 0 spiro atoms. The molecule has 0 rings (SSSR count). The molecule has 2 atom stereocenters. The van der Waals surface area contributed by atoms with E-state index in [1.54, 1.807) is 12.0 Å². The molecule has 0 aliphatic heterocycles. The average Bonchev–Trinajstić information content (AvgIpc) is 2.27. The van der Waals surface area contributed by atoms with Crippen LogP contribution in [0.15, 0.2) is 0 Å². The summed E-state index contributed by atoms with van der Waals surface area (Å²) in [7, 11) is 1.63. The summed E-state index contributed by atoms with van der Waals surface area (Å²) in [6.45, 7) is 7.88. The van der Waals surface area contributed by atoms with Gasteiger partial charge < -0.3 is 15.4 Å². The van der Waals surface area contributed by atoms with Gasteiger partial charge in [-0.15, -0.1) is 0 Å². The topological polar surface area (TPSA) is 55.6 Å². The van der Waals surface area contributed by atoms with Gasteiger partial charge in [-0.05, 0) is 12.8 Å². The zero-order valence-corrected chi connectivity index (χ0v) is 10.3. The van der Waals surface area contributed by atoms with Gasteiger partial charge in [-0.2, -0.15) is 0 Å². The van der Waals surface area contributed by atoms with Crippen LogP contribution in [0.5, 0.6) is 0 Å². The molecule has 0 saturated carbocycles. The minimum atomic E-state index is -0.383. The summed E-state index contributed by atoms with van der Waals surface area (Å²) < 4.78 is 4.96. The molecule has 0 aromatic heterocycles. The van der Waals surface area contributed by atoms with Crippen LogP contribution < -0.4 is 5.73 Å². The Balaban J connectivity index is 4.24. The number of ether oxygens (including phenoxy) is 1. The fourth-order valence-electron chi connectivity index (χ4n) is 1.33. The van der Waals surface area contributed by atoms with E-state index in [2.05, 4.69) is 0 Å². The first-order valence-electron chi connectivity index (χ1n) is 5.61. The van der Waals surface area contributed by atoms with Crippen LogP contribution in [-0.2, 0) is 9.53 Å². The Kier molecular flexibility index (Phi) is 7.34. The first kappa shape index (κ1) is 14.4. The van der Waals surface area contributed by atoms with E-state index in [1.165, 1.54) is 0 Å². The summed E-state index contributed by atoms with van der Waals surface area (Å²) in [4.78, 5) is 13.7. The van der Waals surface area contributed by atoms with Crippen molar-refractivity contribution in [1.29, 1.82) is 0 Å². The highest BCUT2D eigenvalue weighted by Crippen LogP contribution is 2.08. The van der Waals surface area contributed by atoms with E-state index in [9.17, 15) is 4.79 Å². The number of nitrogens with two attached hydrogens (primary N) is 1. The van der Waals surface area contributed by atoms with Crippen LogP contribution in [-0.4, -0.2) is 43.7 Å². The fraction of sp³-hybridized carbons (Fsp3) is 0.909. The quantitative estimate of drug-likeness (QED) is 0.686. The molecule has 1 amide bonds. The van der Waals surface area contributed by atoms with Gasteiger partial charge in [-0.25, -0.2) is 0 Å². The highest BCUT2D eigenvalue weighted by atomic mass is 16.5. The minimum absolute atomic E-state index is 0.0314. The molecule has 90 valence electrons. The molecule has 0 heterocycles. The second-order valence-corrected chi connectivity index (χ2v) is 3.82. The van der Waals surface area contributed by atoms with Crippen LogP contribution in [0.1, 0.15) is 27.2 Å². The third kappa shape index (κ3) is 4.62. The molecule has 0 bridgehead atoms. The molecule has 0 fully saturated rings. The minimum Gasteiger partial charge on any atom is -0.383 e. The number of carbonyl (C=O) groups excluding carboxylic acids is 1. The molecule has 0 aromatic carbocycles. The van der Waals surface area contributed by atoms with Gasteiger partial charge >= 0.3 is 0 Å². The summed E-state index contributed by atoms with van der Waals surface area (Å²) in [6.07, 6.45) is 0.925. The van der Waals surface area contributed by atoms with Crippen LogP contribution in [0.25, 0.3) is 0 Å². The zero-order chi connectivity index (χ0) is 11.8. The lowest BCUT2D eigenvalue weighted by molar-refractivity contribution is -0.134. The maximum Gasteiger partial charge on any atom is 0.239 e. The number of nitrogens with zero attached hydrogens (tertiary/aromatic N) is 1. The maximum atomic E-state index is 11.9. The molecule has 0 aromatic rings. The van der Waals surface area contributed by atoms with E-state index in [0.29, 0.717) is 19.7 Å². The van der Waals surface area contributed by atoms with Crippen molar-refractivity contribution in [1.82, 2.24) is 4.90 Å². The molecule has 0 aliphatic carbocycles. The lowest BCUT2D eigenvalue weighted by Gasteiger charge is -2.26. The van der Waals surface area contributed by atoms with Crippen molar-refractivity contribution >= 4 is 5.91 Å². The van der Waals surface area contributed by atoms with Crippen LogP contribution >= 0.6 is 0 Å². The third-order valence-corrected chi connectivity index (χ3v) is 2.80. The maximum absolute atomic E-state index is 11.9. The van der Waals surface area contributed by atoms with Crippen molar-refractivity contribution in [2.45, 2.75) is 33.2 Å². The highest BCUT2D eigenvalue weighted by molar-refractivity contribution is 5.81. The SMILES string of the molecule is CCC(C)C(N)C(=O)N(CC)CCOC. The third-order valence-electron chi connectivity index (χ3n) is 2.80. The zero-order valence-electron chi connectivity index (χ0n) is 10.3. The predicted octanol–water partition coefficient (Wildman–Crippen LogP) is 0.855. The Morgan fingerprint density at radius 1 is 1.47 bits per heavy atom. The van der Waals surface area contributed by atoms with Gasteiger partial charge in [0.15, 0.2) is 0 Å². The Labute approximate surface area is 92.8 Å². The smallest absolute Gasteiger partial charge is 0.239 e. The molecule has 2 N–H and O–H groups in total. The van der Waals surface area contributed by atoms with Gasteiger partial charge in [0.25, 0.3) is 0 Å². The average molecular weight is 216 g/mol. The molecule has 15 heavy (non-hydrogen) atoms. The van der Waals surface area contributed by atoms with E-state index in [-0.39, 0.29) is 17.9 Å². The number of likely N-dealkylation sites (N-methyl/N-ethyl adjacent to an activating group) is 1. The van der Waals surface area contributed by atoms with Crippen LogP contribution in [0.3, 0.4) is 0 Å². The lowest BCUT2D eigenvalue weighted by Crippen LogP contribution is -2.47. The normalized spacial score (nSPS) is 14.7. The summed E-state index contributed by atoms with van der Waals surface area (Å²) in [5.41, 5.74) is 5.89. The molecule has 0 radical (unpaired) electrons. The second-order valence-electron chi connectivity index (χ2n) is 3.82. The molecular formula is C11H24N2O2. The van der Waals surface area contributed by atoms with Crippen LogP contribution in [0.4, 0.5) is 0 Å². The Morgan fingerprint density at radius 3 is 2.47 bits per heavy atom. The first-order valence-corrected chi connectivity index (χ1v) is 5.61. The van der Waals surface area contributed by atoms with Crippen LogP contribution in [0, 0.1) is 5.92 Å². The number of carbonyl (C=O) groups is 1. The number of rotatable bonds is 7. The largest absolute Gasteiger partial charge is 0.383 e. The van der Waals surface area contributed by atoms with Crippen molar-refractivity contribution in [3.8, 4) is 0 Å². The van der Waals surface area contributed by atoms with E-state index < -0.39 is 0 Å². The lowest BCUT2D eigenvalue weighted by atomic mass is 9.99. The first-order chi connectivity index (χ1) is 7.08. The molecule has 0 aliphatic rings. The second kappa shape index (κ2) is 7.65. The summed E-state index contributed by atoms with van der Waals surface area (Å²) >= 11 is 0. The summed E-state index contributed by atoms with van der Waals surface area (Å²) in [5, 5.41) is 0. The van der Waals surface area contributed by atoms with Crippen molar-refractivity contribution in [2.75, 3.05) is 26.8 Å². The fourth-order valence-corrected chi connectivity index (χ4v) is 1.33. The van der Waals surface area contributed by atoms with Gasteiger partial charge in [0, 0.05) is 20.2 Å². The Hall–Kier alpha value is -0.610. The van der Waals surface area contributed by atoms with Crippen molar-refractivity contribution in [3.63, 3.8) is 0 Å². The number of methoxy groups -OCH3 is 1. The van der Waals surface area contributed by atoms with E-state index in [0.717, 1.165) is 6.42 Å². The van der Waals surface area contributed by atoms with E-state index in [1.807, 2.05) is 20.8 Å². The van der Waals surface area contributed by atoms with Crippen molar-refractivity contribution in [3.05, 3.63) is 0 Å². The number of amides is 1. The van der Waals surface area contributed by atoms with Crippen molar-refractivity contribution < 1.29 is 9.53 Å². The van der Waals surface area contributed by atoms with Gasteiger partial charge in [-0.1, -0.05) is 20.3 Å². The van der Waals surface area contributed by atoms with Gasteiger partial charge in [-0.3, -0.25) is 4.79 Å². The monoisotopic (exact) mass is 216 g/mol. The van der Waals surface area contributed by atoms with Gasteiger partial charge in [0.1, 0.15) is 0 Å². The number of hydrogen-bond donors (Lipinski definition) is 1. The van der Waals surface area contributed by atoms with Crippen LogP contribution in [0.2, 0.25) is 0 Å². The molecule has 4 heteroatoms. The van der Waals surface area contributed by atoms with Gasteiger partial charge in [0.2, 0.25) is 5.91 Å². The van der Waals surface area contributed by atoms with E-state index >= 15 is 0 Å². The molecule has 2 unspecified atom stereocenters. The summed E-state index contributed by atoms with van der Waals surface area (Å²) in [5.74, 6) is 0.262. The Bertz CT molecular complexity index is 185. The molecule has 4 nitrogen and oxygen atoms in total. The highest BCUT2D eigenvalue weighted by Gasteiger charge is 2.23.